The van der Waals surface area contributed by atoms with Gasteiger partial charge in [-0.15, -0.1) is 0 Å². The van der Waals surface area contributed by atoms with Crippen molar-refractivity contribution in [3.63, 3.8) is 0 Å². The highest BCUT2D eigenvalue weighted by atomic mass is 31.2. The van der Waals surface area contributed by atoms with Gasteiger partial charge in [-0.25, -0.2) is 0 Å². The van der Waals surface area contributed by atoms with E-state index in [1.165, 1.54) is 17.8 Å². The molecule has 0 atom stereocenters. The van der Waals surface area contributed by atoms with Crippen LogP contribution < -0.4 is 0 Å². The monoisotopic (exact) mass is 328 g/mol. The van der Waals surface area contributed by atoms with Crippen LogP contribution in [0.3, 0.4) is 0 Å². The molecule has 0 saturated carbocycles. The normalized spacial score (nSPS) is 7.91. The van der Waals surface area contributed by atoms with Gasteiger partial charge < -0.3 is 14.6 Å². The van der Waals surface area contributed by atoms with E-state index in [1.54, 1.807) is 0 Å². The van der Waals surface area contributed by atoms with E-state index in [4.69, 9.17) is 14.6 Å². The van der Waals surface area contributed by atoms with E-state index in [2.05, 4.69) is 39.0 Å². The van der Waals surface area contributed by atoms with Gasteiger partial charge in [-0.05, 0) is 27.7 Å². The van der Waals surface area contributed by atoms with E-state index in [-0.39, 0.29) is 0 Å². The molecular weight excluding hydrogens is 295 g/mol. The molecule has 0 bridgehead atoms. The Morgan fingerprint density at radius 1 is 1.09 bits per heavy atom. The summed E-state index contributed by atoms with van der Waals surface area (Å²) in [7, 11) is -1.62. The molecule has 0 heterocycles. The topological polar surface area (TPSA) is 57.5 Å². The Balaban J connectivity index is -0.000000102. The number of allylic oxidation sites excluding steroid dienone is 4. The van der Waals surface area contributed by atoms with Gasteiger partial charge in [0.2, 0.25) is 0 Å². The summed E-state index contributed by atoms with van der Waals surface area (Å²) in [6.45, 7) is 15.6. The Hall–Kier alpha value is -1.28. The summed E-state index contributed by atoms with van der Waals surface area (Å²) in [5.41, 5.74) is 2.67. The number of benzene rings is 1. The minimum Gasteiger partial charge on any atom is -0.350 e. The maximum absolute atomic E-state index is 8.00. The molecule has 3 nitrogen and oxygen atoms in total. The zero-order valence-corrected chi connectivity index (χ0v) is 16.0. The van der Waals surface area contributed by atoms with Crippen LogP contribution in [0.2, 0.25) is 0 Å². The van der Waals surface area contributed by atoms with Gasteiger partial charge >= 0.3 is 0 Å². The lowest BCUT2D eigenvalue weighted by Gasteiger charge is -1.82. The van der Waals surface area contributed by atoms with Gasteiger partial charge in [0.05, 0.1) is 0 Å². The first kappa shape index (κ1) is 28.8. The average molecular weight is 328 g/mol. The van der Waals surface area contributed by atoms with Crippen molar-refractivity contribution in [3.8, 4) is 0 Å². The summed E-state index contributed by atoms with van der Waals surface area (Å²) in [6, 6.07) is 10.3. The van der Waals surface area contributed by atoms with Crippen LogP contribution in [0.1, 0.15) is 40.2 Å². The molecule has 4 heteroatoms. The molecule has 0 amide bonds. The lowest BCUT2D eigenvalue weighted by atomic mass is 10.2. The second kappa shape index (κ2) is 28.0. The van der Waals surface area contributed by atoms with Crippen LogP contribution in [-0.2, 0) is 4.79 Å². The highest BCUT2D eigenvalue weighted by Gasteiger charge is 1.72. The van der Waals surface area contributed by atoms with Crippen molar-refractivity contribution in [2.45, 2.75) is 41.5 Å². The molecule has 0 unspecified atom stereocenters. The lowest BCUT2D eigenvalue weighted by molar-refractivity contribution is -0.0979. The fourth-order valence-corrected chi connectivity index (χ4v) is 0.823. The van der Waals surface area contributed by atoms with Crippen LogP contribution in [0, 0.1) is 6.92 Å². The van der Waals surface area contributed by atoms with Crippen molar-refractivity contribution in [2.24, 2.45) is 0 Å². The average Bonchev–Trinajstić information content (AvgIpc) is 2.50. The maximum atomic E-state index is 8.00. The largest absolute Gasteiger partial charge is 0.350 e. The first-order valence-electron chi connectivity index (χ1n) is 7.08. The third-order valence-corrected chi connectivity index (χ3v) is 1.56. The highest BCUT2D eigenvalue weighted by molar-refractivity contribution is 7.44. The predicted octanol–water partition coefficient (Wildman–Crippen LogP) is 5.28. The third-order valence-electron chi connectivity index (χ3n) is 1.56. The van der Waals surface area contributed by atoms with Crippen molar-refractivity contribution < 1.29 is 14.6 Å². The molecule has 0 fully saturated rings. The van der Waals surface area contributed by atoms with Crippen LogP contribution in [0.5, 0.6) is 0 Å². The van der Waals surface area contributed by atoms with Crippen molar-refractivity contribution in [3.05, 3.63) is 59.7 Å². The Labute approximate surface area is 138 Å². The second-order valence-corrected chi connectivity index (χ2v) is 4.89. The SMILES string of the molecule is C/C=C\C=C(C)C.C=O.CC.CP(O)O.Cc1ccccc1. The molecule has 1 aromatic carbocycles. The molecule has 0 aliphatic carbocycles. The molecule has 22 heavy (non-hydrogen) atoms. The lowest BCUT2D eigenvalue weighted by Crippen LogP contribution is -1.62. The Morgan fingerprint density at radius 2 is 1.45 bits per heavy atom. The van der Waals surface area contributed by atoms with E-state index in [1.807, 2.05) is 57.9 Å². The van der Waals surface area contributed by atoms with Gasteiger partial charge in [0.15, 0.2) is 8.38 Å². The Bertz CT molecular complexity index is 340. The molecule has 0 spiro atoms. The predicted molar refractivity (Wildman–Crippen MR) is 101 cm³/mol. The van der Waals surface area contributed by atoms with Crippen molar-refractivity contribution in [1.82, 2.24) is 0 Å². The second-order valence-electron chi connectivity index (χ2n) is 3.91. The van der Waals surface area contributed by atoms with E-state index < -0.39 is 8.38 Å². The van der Waals surface area contributed by atoms with Crippen molar-refractivity contribution >= 4 is 15.2 Å². The summed E-state index contributed by atoms with van der Waals surface area (Å²) in [4.78, 5) is 23.4. The van der Waals surface area contributed by atoms with Crippen LogP contribution >= 0.6 is 8.38 Å². The number of rotatable bonds is 1. The van der Waals surface area contributed by atoms with Crippen LogP contribution in [0.4, 0.5) is 0 Å². The minimum absolute atomic E-state index is 1.32. The Kier molecular flexibility index (Phi) is 36.6. The molecule has 0 saturated heterocycles. The molecule has 0 aliphatic heterocycles. The van der Waals surface area contributed by atoms with Crippen LogP contribution in [-0.4, -0.2) is 23.2 Å². The van der Waals surface area contributed by atoms with Crippen molar-refractivity contribution in [2.75, 3.05) is 6.66 Å². The van der Waals surface area contributed by atoms with E-state index in [9.17, 15) is 0 Å². The zero-order valence-electron chi connectivity index (χ0n) is 15.1. The standard InChI is InChI=1S/C7H8.C7H12.C2H6.CH5O2P.CH2O/c1-7-5-3-2-4-6-7;1-4-5-6-7(2)3;1-2;1-4(2)3;1-2/h2-6H,1H3;4-6H,1-3H3;1-2H3;2-3H,1H3;1H2/b;5-4-;;;. The number of hydrogen-bond acceptors (Lipinski definition) is 3. The number of carbonyl (C=O) groups is 1. The van der Waals surface area contributed by atoms with Gasteiger partial charge in [-0.3, -0.25) is 0 Å². The van der Waals surface area contributed by atoms with Crippen LogP contribution in [0.15, 0.2) is 54.1 Å². The smallest absolute Gasteiger partial charge is 0.161 e. The summed E-state index contributed by atoms with van der Waals surface area (Å²) in [5, 5.41) is 0. The zero-order chi connectivity index (χ0) is 18.4. The van der Waals surface area contributed by atoms with Gasteiger partial charge in [0.1, 0.15) is 6.79 Å². The van der Waals surface area contributed by atoms with Gasteiger partial charge in [0, 0.05) is 6.66 Å². The Morgan fingerprint density at radius 3 is 1.59 bits per heavy atom. The quantitative estimate of drug-likeness (QED) is 0.545. The van der Waals surface area contributed by atoms with Crippen molar-refractivity contribution in [1.29, 1.82) is 0 Å². The molecule has 1 rings (SSSR count). The number of carbonyl (C=O) groups excluding carboxylic acids is 1. The van der Waals surface area contributed by atoms with E-state index in [0.717, 1.165) is 0 Å². The van der Waals surface area contributed by atoms with E-state index in [0.29, 0.717) is 0 Å². The van der Waals surface area contributed by atoms with Crippen LogP contribution in [0.25, 0.3) is 0 Å². The van der Waals surface area contributed by atoms with E-state index >= 15 is 0 Å². The first-order valence-corrected chi connectivity index (χ1v) is 8.77. The molecule has 0 radical (unpaired) electrons. The molecule has 0 aromatic heterocycles. The molecule has 128 valence electrons. The number of aryl methyl sites for hydroxylation is 1. The van der Waals surface area contributed by atoms with Gasteiger partial charge in [-0.1, -0.05) is 73.5 Å². The van der Waals surface area contributed by atoms with Gasteiger partial charge in [0.25, 0.3) is 0 Å². The molecule has 1 aromatic rings. The third kappa shape index (κ3) is 51.1. The fraction of sp³-hybridized carbons (Fsp3) is 0.389. The highest BCUT2D eigenvalue weighted by Crippen LogP contribution is 2.12. The first-order chi connectivity index (χ1) is 10.4. The minimum atomic E-state index is -1.62. The maximum Gasteiger partial charge on any atom is 0.161 e. The summed E-state index contributed by atoms with van der Waals surface area (Å²) < 4.78 is 0. The summed E-state index contributed by atoms with van der Waals surface area (Å²) in [6.07, 6.45) is 6.14. The molecule has 2 N–H and O–H groups in total. The number of hydrogen-bond donors (Lipinski definition) is 2. The fourth-order valence-electron chi connectivity index (χ4n) is 0.823. The molecular formula is C18H33O3P. The van der Waals surface area contributed by atoms with Gasteiger partial charge in [-0.2, -0.15) is 0 Å². The summed E-state index contributed by atoms with van der Waals surface area (Å²) in [5.74, 6) is 0. The summed E-state index contributed by atoms with van der Waals surface area (Å²) >= 11 is 0. The molecule has 0 aliphatic rings.